The zero-order valence-corrected chi connectivity index (χ0v) is 18.6. The quantitative estimate of drug-likeness (QED) is 0.423. The van der Waals surface area contributed by atoms with Gasteiger partial charge in [0.2, 0.25) is 11.7 Å². The molecule has 0 bridgehead atoms. The molecule has 0 spiro atoms. The molecular weight excluding hydrogens is 416 g/mol. The van der Waals surface area contributed by atoms with Crippen LogP contribution in [-0.2, 0) is 30.3 Å². The van der Waals surface area contributed by atoms with Crippen LogP contribution in [0.5, 0.6) is 5.75 Å². The number of hydrogen-bond donors (Lipinski definition) is 2. The molecule has 0 fully saturated rings. The molecule has 0 radical (unpaired) electrons. The normalized spacial score (nSPS) is 12.1. The maximum Gasteiger partial charge on any atom is 0.303 e. The molecule has 172 valence electrons. The molecule has 32 heavy (non-hydrogen) atoms. The van der Waals surface area contributed by atoms with E-state index in [1.165, 1.54) is 26.0 Å². The summed E-state index contributed by atoms with van der Waals surface area (Å²) >= 11 is 0. The Bertz CT molecular complexity index is 1010. The van der Waals surface area contributed by atoms with Crippen LogP contribution >= 0.6 is 0 Å². The second-order valence-corrected chi connectivity index (χ2v) is 8.15. The summed E-state index contributed by atoms with van der Waals surface area (Å²) in [5, 5.41) is 9.57. The SMILES string of the molecule is CC(=O)OCC(C)(C)C(OC(C)=O)C(=O)c1ccn(-c2ccc(O)cc2)c1CCC(N)=O. The summed E-state index contributed by atoms with van der Waals surface area (Å²) in [5.41, 5.74) is 5.71. The summed E-state index contributed by atoms with van der Waals surface area (Å²) < 4.78 is 12.1. The van der Waals surface area contributed by atoms with Gasteiger partial charge in [-0.1, -0.05) is 13.8 Å². The van der Waals surface area contributed by atoms with Gasteiger partial charge in [0.25, 0.3) is 0 Å². The monoisotopic (exact) mass is 444 g/mol. The van der Waals surface area contributed by atoms with E-state index in [4.69, 9.17) is 15.2 Å². The summed E-state index contributed by atoms with van der Waals surface area (Å²) in [5.74, 6) is -2.12. The molecule has 0 aliphatic heterocycles. The molecule has 9 heteroatoms. The van der Waals surface area contributed by atoms with Crippen molar-refractivity contribution in [1.82, 2.24) is 4.57 Å². The Morgan fingerprint density at radius 1 is 1.06 bits per heavy atom. The van der Waals surface area contributed by atoms with Crippen molar-refractivity contribution in [3.8, 4) is 11.4 Å². The summed E-state index contributed by atoms with van der Waals surface area (Å²) in [7, 11) is 0. The molecule has 0 aliphatic rings. The number of esters is 2. The van der Waals surface area contributed by atoms with Gasteiger partial charge in [0.05, 0.1) is 0 Å². The van der Waals surface area contributed by atoms with Crippen LogP contribution in [0.2, 0.25) is 0 Å². The van der Waals surface area contributed by atoms with Crippen LogP contribution in [0.3, 0.4) is 0 Å². The number of phenolic OH excluding ortho intramolecular Hbond substituents is 1. The lowest BCUT2D eigenvalue weighted by atomic mass is 9.82. The Balaban J connectivity index is 2.52. The molecular formula is C23H28N2O7. The topological polar surface area (TPSA) is 138 Å². The van der Waals surface area contributed by atoms with Gasteiger partial charge in [-0.2, -0.15) is 0 Å². The summed E-state index contributed by atoms with van der Waals surface area (Å²) in [4.78, 5) is 48.0. The number of aromatic nitrogens is 1. The number of phenols is 1. The first-order valence-electron chi connectivity index (χ1n) is 10.0. The zero-order valence-electron chi connectivity index (χ0n) is 18.6. The van der Waals surface area contributed by atoms with Gasteiger partial charge < -0.3 is 24.9 Å². The van der Waals surface area contributed by atoms with E-state index in [1.54, 1.807) is 42.8 Å². The molecule has 1 atom stereocenters. The molecule has 2 rings (SSSR count). The van der Waals surface area contributed by atoms with Gasteiger partial charge >= 0.3 is 11.9 Å². The molecule has 0 aliphatic carbocycles. The van der Waals surface area contributed by atoms with Crippen molar-refractivity contribution in [3.05, 3.63) is 47.8 Å². The molecule has 1 aromatic carbocycles. The summed E-state index contributed by atoms with van der Waals surface area (Å²) in [6.07, 6.45) is 0.584. The molecule has 1 unspecified atom stereocenters. The number of Topliss-reactive ketones (excluding diaryl/α,β-unsaturated/α-hetero) is 1. The Kier molecular flexibility index (Phi) is 7.80. The number of ether oxygens (including phenoxy) is 2. The molecule has 0 saturated heterocycles. The van der Waals surface area contributed by atoms with Crippen molar-refractivity contribution in [2.45, 2.75) is 46.6 Å². The van der Waals surface area contributed by atoms with E-state index in [9.17, 15) is 24.3 Å². The van der Waals surface area contributed by atoms with Crippen molar-refractivity contribution < 1.29 is 33.8 Å². The van der Waals surface area contributed by atoms with Crippen molar-refractivity contribution in [2.75, 3.05) is 6.61 Å². The van der Waals surface area contributed by atoms with E-state index < -0.39 is 35.1 Å². The first kappa shape index (κ1) is 24.6. The highest BCUT2D eigenvalue weighted by molar-refractivity contribution is 6.02. The van der Waals surface area contributed by atoms with Crippen LogP contribution in [0.25, 0.3) is 5.69 Å². The second-order valence-electron chi connectivity index (χ2n) is 8.15. The number of rotatable bonds is 10. The number of primary amides is 1. The smallest absolute Gasteiger partial charge is 0.303 e. The van der Waals surface area contributed by atoms with Crippen LogP contribution in [0.15, 0.2) is 36.5 Å². The van der Waals surface area contributed by atoms with Gasteiger partial charge in [-0.15, -0.1) is 0 Å². The van der Waals surface area contributed by atoms with Crippen molar-refractivity contribution >= 4 is 23.6 Å². The Hall–Kier alpha value is -3.62. The number of aromatic hydroxyl groups is 1. The summed E-state index contributed by atoms with van der Waals surface area (Å²) in [6.45, 7) is 5.61. The number of nitrogens with zero attached hydrogens (tertiary/aromatic N) is 1. The lowest BCUT2D eigenvalue weighted by Gasteiger charge is -2.32. The molecule has 0 saturated carbocycles. The summed E-state index contributed by atoms with van der Waals surface area (Å²) in [6, 6.07) is 7.89. The van der Waals surface area contributed by atoms with E-state index in [-0.39, 0.29) is 30.8 Å². The average molecular weight is 444 g/mol. The zero-order chi connectivity index (χ0) is 24.1. The van der Waals surface area contributed by atoms with Crippen molar-refractivity contribution in [2.24, 2.45) is 11.1 Å². The number of ketones is 1. The second kappa shape index (κ2) is 10.1. The molecule has 1 heterocycles. The van der Waals surface area contributed by atoms with E-state index in [0.717, 1.165) is 0 Å². The average Bonchev–Trinajstić information content (AvgIpc) is 3.12. The molecule has 3 N–H and O–H groups in total. The molecule has 1 amide bonds. The standard InChI is InChI=1S/C23H28N2O7/c1-14(26)31-13-23(3,4)22(32-15(2)27)21(30)18-11-12-25(19(18)9-10-20(24)29)16-5-7-17(28)8-6-16/h5-8,11-12,22,28H,9-10,13H2,1-4H3,(H2,24,29). The number of benzene rings is 1. The number of nitrogens with two attached hydrogens (primary N) is 1. The predicted molar refractivity (Wildman–Crippen MR) is 115 cm³/mol. The van der Waals surface area contributed by atoms with Gasteiger partial charge in [-0.25, -0.2) is 0 Å². The van der Waals surface area contributed by atoms with Crippen LogP contribution in [0.1, 0.15) is 50.2 Å². The van der Waals surface area contributed by atoms with Crippen LogP contribution < -0.4 is 5.73 Å². The number of amides is 1. The van der Waals surface area contributed by atoms with Crippen LogP contribution in [0.4, 0.5) is 0 Å². The van der Waals surface area contributed by atoms with Crippen molar-refractivity contribution in [1.29, 1.82) is 0 Å². The fraction of sp³-hybridized carbons (Fsp3) is 0.391. The van der Waals surface area contributed by atoms with Gasteiger partial charge in [-0.05, 0) is 36.8 Å². The van der Waals surface area contributed by atoms with Crippen LogP contribution in [0, 0.1) is 5.41 Å². The van der Waals surface area contributed by atoms with E-state index in [1.807, 2.05) is 0 Å². The third-order valence-electron chi connectivity index (χ3n) is 4.87. The molecule has 9 nitrogen and oxygen atoms in total. The van der Waals surface area contributed by atoms with E-state index in [0.29, 0.717) is 11.4 Å². The first-order chi connectivity index (χ1) is 14.9. The van der Waals surface area contributed by atoms with Gasteiger partial charge in [0.15, 0.2) is 6.10 Å². The van der Waals surface area contributed by atoms with Gasteiger partial charge in [-0.3, -0.25) is 19.2 Å². The van der Waals surface area contributed by atoms with E-state index in [2.05, 4.69) is 0 Å². The Morgan fingerprint density at radius 3 is 2.22 bits per heavy atom. The largest absolute Gasteiger partial charge is 0.508 e. The van der Waals surface area contributed by atoms with E-state index >= 15 is 0 Å². The highest BCUT2D eigenvalue weighted by atomic mass is 16.6. The maximum absolute atomic E-state index is 13.5. The lowest BCUT2D eigenvalue weighted by Crippen LogP contribution is -2.43. The number of carbonyl (C=O) groups excluding carboxylic acids is 4. The minimum atomic E-state index is -1.23. The fourth-order valence-electron chi connectivity index (χ4n) is 3.28. The lowest BCUT2D eigenvalue weighted by molar-refractivity contribution is -0.155. The van der Waals surface area contributed by atoms with Gasteiger partial charge in [0.1, 0.15) is 12.4 Å². The third-order valence-corrected chi connectivity index (χ3v) is 4.87. The maximum atomic E-state index is 13.5. The van der Waals surface area contributed by atoms with Crippen LogP contribution in [-0.4, -0.2) is 46.0 Å². The number of carbonyl (C=O) groups is 4. The molecule has 1 aromatic heterocycles. The highest BCUT2D eigenvalue weighted by Crippen LogP contribution is 2.30. The van der Waals surface area contributed by atoms with Crippen molar-refractivity contribution in [3.63, 3.8) is 0 Å². The fourth-order valence-corrected chi connectivity index (χ4v) is 3.28. The molecule has 2 aromatic rings. The first-order valence-corrected chi connectivity index (χ1v) is 10.0. The Labute approximate surface area is 186 Å². The predicted octanol–water partition coefficient (Wildman–Crippen LogP) is 2.30. The Morgan fingerprint density at radius 2 is 1.69 bits per heavy atom. The minimum absolute atomic E-state index is 0.00253. The van der Waals surface area contributed by atoms with Gasteiger partial charge in [0, 0.05) is 48.8 Å². The third kappa shape index (κ3) is 6.19. The number of hydrogen-bond acceptors (Lipinski definition) is 7. The minimum Gasteiger partial charge on any atom is -0.508 e. The highest BCUT2D eigenvalue weighted by Gasteiger charge is 2.40.